The van der Waals surface area contributed by atoms with Crippen LogP contribution in [0.5, 0.6) is 0 Å². The second-order valence-electron chi connectivity index (χ2n) is 26.4. The van der Waals surface area contributed by atoms with E-state index < -0.39 is 124 Å². The van der Waals surface area contributed by atoms with Crippen molar-refractivity contribution in [1.29, 1.82) is 0 Å². The summed E-state index contributed by atoms with van der Waals surface area (Å²) >= 11 is 0. The van der Waals surface area contributed by atoms with Gasteiger partial charge in [-0.05, 0) is 83.5 Å². The Kier molecular flexibility index (Phi) is 51.9. The third kappa shape index (κ3) is 37.9. The summed E-state index contributed by atoms with van der Waals surface area (Å²) in [6.07, 6.45) is 50.1. The Morgan fingerprint density at radius 2 is 0.729 bits per heavy atom. The molecule has 3 saturated heterocycles. The van der Waals surface area contributed by atoms with Crippen molar-refractivity contribution in [3.05, 3.63) is 97.2 Å². The summed E-state index contributed by atoms with van der Waals surface area (Å²) < 4.78 is 34.3. The number of carbonyl (C=O) groups excluding carboxylic acids is 1. The van der Waals surface area contributed by atoms with Gasteiger partial charge < -0.3 is 89.9 Å². The molecule has 3 fully saturated rings. The second-order valence-corrected chi connectivity index (χ2v) is 26.4. The average molecular weight is 1360 g/mol. The molecule has 19 nitrogen and oxygen atoms in total. The van der Waals surface area contributed by atoms with E-state index in [0.717, 1.165) is 77.0 Å². The van der Waals surface area contributed by atoms with Gasteiger partial charge >= 0.3 is 0 Å². The van der Waals surface area contributed by atoms with Crippen molar-refractivity contribution in [2.75, 3.05) is 26.4 Å². The van der Waals surface area contributed by atoms with Crippen molar-refractivity contribution in [3.8, 4) is 0 Å². The molecule has 0 aliphatic carbocycles. The maximum absolute atomic E-state index is 13.4. The molecule has 0 bridgehead atoms. The molecule has 17 atom stereocenters. The fourth-order valence-electron chi connectivity index (χ4n) is 12.1. The maximum atomic E-state index is 13.4. The number of allylic oxidation sites excluding steroid dienone is 15. The minimum atomic E-state index is -1.98. The molecule has 0 radical (unpaired) electrons. The van der Waals surface area contributed by atoms with E-state index in [1.807, 2.05) is 6.08 Å². The van der Waals surface area contributed by atoms with Crippen LogP contribution in [0.15, 0.2) is 97.2 Å². The van der Waals surface area contributed by atoms with Gasteiger partial charge in [0.25, 0.3) is 0 Å². The van der Waals surface area contributed by atoms with Crippen molar-refractivity contribution < 1.29 is 89.4 Å². The predicted octanol–water partition coefficient (Wildman–Crippen LogP) is 11.2. The van der Waals surface area contributed by atoms with Crippen LogP contribution in [0.1, 0.15) is 251 Å². The van der Waals surface area contributed by atoms with Gasteiger partial charge in [-0.25, -0.2) is 0 Å². The molecule has 1 amide bonds. The van der Waals surface area contributed by atoms with Crippen LogP contribution in [0.3, 0.4) is 0 Å². The molecule has 0 aromatic rings. The third-order valence-electron chi connectivity index (χ3n) is 18.1. The number of nitrogens with one attached hydrogen (secondary N) is 1. The first kappa shape index (κ1) is 86.9. The molecule has 554 valence electrons. The summed E-state index contributed by atoms with van der Waals surface area (Å²) in [6, 6.07) is -0.998. The van der Waals surface area contributed by atoms with Crippen LogP contribution in [0, 0.1) is 0 Å². The normalized spacial score (nSPS) is 27.6. The first-order chi connectivity index (χ1) is 46.8. The number of unbranched alkanes of at least 4 members (excludes halogenated alkanes) is 27. The zero-order valence-electron chi connectivity index (χ0n) is 58.8. The van der Waals surface area contributed by atoms with Crippen LogP contribution < -0.4 is 5.32 Å². The number of hydrogen-bond acceptors (Lipinski definition) is 18. The van der Waals surface area contributed by atoms with Gasteiger partial charge in [0, 0.05) is 6.42 Å². The van der Waals surface area contributed by atoms with E-state index in [4.69, 9.17) is 28.4 Å². The molecule has 3 rings (SSSR count). The summed E-state index contributed by atoms with van der Waals surface area (Å²) in [5.41, 5.74) is 0. The van der Waals surface area contributed by atoms with E-state index >= 15 is 0 Å². The molecular weight excluding hydrogens is 1230 g/mol. The Hall–Kier alpha value is -3.29. The molecule has 12 N–H and O–H groups in total. The van der Waals surface area contributed by atoms with Gasteiger partial charge in [0.2, 0.25) is 5.91 Å². The molecular formula is C77H133NO18. The standard InChI is InChI=1S/C77H133NO18/c1-3-5-7-9-11-13-15-17-18-19-20-21-22-23-24-25-26-27-28-29-30-31-32-33-34-35-36-37-38-39-40-41-42-43-45-47-49-51-53-55-65(83)78-60(61(82)54-52-50-48-46-44-16-14-12-10-8-6-4-2)59-91-75-71(89)68(86)73(63(57-80)93-75)96-77-72(90)69(87)74(64(58-81)94-77)95-76-70(88)67(85)66(84)62(56-79)92-76/h5,7,10-13,17-18,20-21,23-24,44,46,52,54,60-64,66-77,79-82,84-90H,3-4,6,8-9,14-16,19,22,25-43,45,47-51,53,55-59H2,1-2H3,(H,78,83)/b7-5-,12-10+,13-11-,18-17-,21-20-,24-23-,46-44+,54-52+. The number of ether oxygens (including phenoxy) is 6. The number of aliphatic hydroxyl groups is 11. The molecule has 0 saturated carbocycles. The van der Waals surface area contributed by atoms with Gasteiger partial charge in [-0.2, -0.15) is 0 Å². The average Bonchev–Trinajstić information content (AvgIpc) is 0.787. The molecule has 96 heavy (non-hydrogen) atoms. The number of aliphatic hydroxyl groups excluding tert-OH is 11. The Labute approximate surface area is 577 Å². The fourth-order valence-corrected chi connectivity index (χ4v) is 12.1. The minimum Gasteiger partial charge on any atom is -0.394 e. The van der Waals surface area contributed by atoms with Gasteiger partial charge in [-0.1, -0.05) is 259 Å². The molecule has 3 aliphatic heterocycles. The summed E-state index contributed by atoms with van der Waals surface area (Å²) in [7, 11) is 0. The first-order valence-electron chi connectivity index (χ1n) is 37.5. The van der Waals surface area contributed by atoms with Gasteiger partial charge in [-0.15, -0.1) is 0 Å². The van der Waals surface area contributed by atoms with Gasteiger partial charge in [-0.3, -0.25) is 4.79 Å². The summed E-state index contributed by atoms with van der Waals surface area (Å²) in [5.74, 6) is -0.290. The lowest BCUT2D eigenvalue weighted by Gasteiger charge is -2.48. The summed E-state index contributed by atoms with van der Waals surface area (Å²) in [5, 5.41) is 120. The van der Waals surface area contributed by atoms with E-state index in [0.29, 0.717) is 12.8 Å². The molecule has 3 aliphatic rings. The minimum absolute atomic E-state index is 0.231. The van der Waals surface area contributed by atoms with Crippen molar-refractivity contribution in [2.45, 2.75) is 356 Å². The van der Waals surface area contributed by atoms with E-state index in [1.54, 1.807) is 6.08 Å². The molecule has 0 aromatic carbocycles. The fraction of sp³-hybridized carbons (Fsp3) is 0.779. The van der Waals surface area contributed by atoms with Crippen LogP contribution in [-0.4, -0.2) is 193 Å². The molecule has 3 heterocycles. The SMILES string of the molecule is CC/C=C\C/C=C\C/C=C\C/C=C\C/C=C\CCCCCCCCCCCCCCCCCCCCCCCCCC(=O)NC(COC1OC(CO)C(OC2OC(CO)C(OC3OC(CO)C(O)C(O)C3O)C(O)C2O)C(O)C1O)C(O)/C=C/CC/C=C/CC/C=C/CCCC. The number of rotatable bonds is 57. The van der Waals surface area contributed by atoms with Crippen molar-refractivity contribution in [3.63, 3.8) is 0 Å². The van der Waals surface area contributed by atoms with Crippen molar-refractivity contribution >= 4 is 5.91 Å². The van der Waals surface area contributed by atoms with Crippen LogP contribution >= 0.6 is 0 Å². The van der Waals surface area contributed by atoms with Gasteiger partial charge in [0.05, 0.1) is 38.6 Å². The molecule has 0 spiro atoms. The highest BCUT2D eigenvalue weighted by Crippen LogP contribution is 2.33. The van der Waals surface area contributed by atoms with E-state index in [-0.39, 0.29) is 18.9 Å². The maximum Gasteiger partial charge on any atom is 0.220 e. The number of carbonyl (C=O) groups is 1. The molecule has 19 heteroatoms. The zero-order chi connectivity index (χ0) is 69.6. The quantitative estimate of drug-likeness (QED) is 0.0199. The van der Waals surface area contributed by atoms with E-state index in [2.05, 4.69) is 104 Å². The largest absolute Gasteiger partial charge is 0.394 e. The lowest BCUT2D eigenvalue weighted by Crippen LogP contribution is -2.66. The number of hydrogen-bond donors (Lipinski definition) is 12. The van der Waals surface area contributed by atoms with Crippen LogP contribution in [0.25, 0.3) is 0 Å². The monoisotopic (exact) mass is 1360 g/mol. The lowest BCUT2D eigenvalue weighted by atomic mass is 9.96. The third-order valence-corrected chi connectivity index (χ3v) is 18.1. The van der Waals surface area contributed by atoms with Crippen LogP contribution in [-0.2, 0) is 33.2 Å². The lowest BCUT2D eigenvalue weighted by molar-refractivity contribution is -0.379. The van der Waals surface area contributed by atoms with E-state index in [9.17, 15) is 61.0 Å². The van der Waals surface area contributed by atoms with Gasteiger partial charge in [0.15, 0.2) is 18.9 Å². The first-order valence-corrected chi connectivity index (χ1v) is 37.5. The van der Waals surface area contributed by atoms with Crippen LogP contribution in [0.2, 0.25) is 0 Å². The molecule has 0 aromatic heterocycles. The summed E-state index contributed by atoms with van der Waals surface area (Å²) in [4.78, 5) is 13.4. The predicted molar refractivity (Wildman–Crippen MR) is 378 cm³/mol. The van der Waals surface area contributed by atoms with Crippen LogP contribution in [0.4, 0.5) is 0 Å². The Balaban J connectivity index is 1.29. The Bertz CT molecular complexity index is 2110. The van der Waals surface area contributed by atoms with Crippen molar-refractivity contribution in [2.24, 2.45) is 0 Å². The smallest absolute Gasteiger partial charge is 0.220 e. The summed E-state index contributed by atoms with van der Waals surface area (Å²) in [6.45, 7) is 1.53. The molecule has 17 unspecified atom stereocenters. The Morgan fingerprint density at radius 1 is 0.385 bits per heavy atom. The van der Waals surface area contributed by atoms with Crippen molar-refractivity contribution in [1.82, 2.24) is 5.32 Å². The Morgan fingerprint density at radius 3 is 1.17 bits per heavy atom. The topological polar surface area (TPSA) is 307 Å². The second kappa shape index (κ2) is 57.3. The van der Waals surface area contributed by atoms with E-state index in [1.165, 1.54) is 141 Å². The zero-order valence-corrected chi connectivity index (χ0v) is 58.8. The highest BCUT2D eigenvalue weighted by Gasteiger charge is 2.53. The van der Waals surface area contributed by atoms with Gasteiger partial charge in [0.1, 0.15) is 73.2 Å². The highest BCUT2D eigenvalue weighted by molar-refractivity contribution is 5.76. The number of amides is 1. The highest BCUT2D eigenvalue weighted by atomic mass is 16.8.